The van der Waals surface area contributed by atoms with Gasteiger partial charge in [0.25, 0.3) is 0 Å². The van der Waals surface area contributed by atoms with Crippen molar-refractivity contribution in [1.29, 1.82) is 5.26 Å². The van der Waals surface area contributed by atoms with Gasteiger partial charge in [0.05, 0.1) is 11.8 Å². The molecule has 23 heavy (non-hydrogen) atoms. The minimum Gasteiger partial charge on any atom is -0.447 e. The van der Waals surface area contributed by atoms with Crippen molar-refractivity contribution in [2.24, 2.45) is 17.8 Å². The van der Waals surface area contributed by atoms with E-state index in [0.29, 0.717) is 12.2 Å². The van der Waals surface area contributed by atoms with E-state index in [0.717, 1.165) is 12.8 Å². The average Bonchev–Trinajstić information content (AvgIpc) is 2.99. The van der Waals surface area contributed by atoms with E-state index in [4.69, 9.17) is 14.7 Å². The number of benzene rings is 1. The molecule has 1 saturated carbocycles. The Morgan fingerprint density at radius 2 is 1.96 bits per heavy atom. The number of rotatable bonds is 5. The second-order valence-corrected chi connectivity index (χ2v) is 5.82. The maximum atomic E-state index is 12.6. The third-order valence-corrected chi connectivity index (χ3v) is 4.33. The molecule has 1 aliphatic carbocycles. The topological polar surface area (TPSA) is 76.4 Å². The molecule has 0 spiro atoms. The lowest BCUT2D eigenvalue weighted by Gasteiger charge is -2.22. The SMILES string of the molecule is CCC1CCC(C(=O)OC(C)C#N)C1C(=O)Oc1ccccc1. The monoisotopic (exact) mass is 315 g/mol. The Kier molecular flexibility index (Phi) is 5.75. The molecule has 0 heterocycles. The maximum Gasteiger partial charge on any atom is 0.315 e. The molecule has 1 aromatic carbocycles. The zero-order valence-electron chi connectivity index (χ0n) is 13.4. The van der Waals surface area contributed by atoms with E-state index in [1.165, 1.54) is 6.92 Å². The zero-order chi connectivity index (χ0) is 16.8. The van der Waals surface area contributed by atoms with E-state index in [-0.39, 0.29) is 5.92 Å². The van der Waals surface area contributed by atoms with E-state index in [1.54, 1.807) is 24.3 Å². The van der Waals surface area contributed by atoms with Gasteiger partial charge in [-0.25, -0.2) is 0 Å². The minimum absolute atomic E-state index is 0.0983. The van der Waals surface area contributed by atoms with E-state index >= 15 is 0 Å². The molecule has 0 aromatic heterocycles. The lowest BCUT2D eigenvalue weighted by Crippen LogP contribution is -2.34. The summed E-state index contributed by atoms with van der Waals surface area (Å²) >= 11 is 0. The van der Waals surface area contributed by atoms with Crippen LogP contribution < -0.4 is 4.74 Å². The molecule has 0 radical (unpaired) electrons. The van der Waals surface area contributed by atoms with Gasteiger partial charge in [-0.15, -0.1) is 0 Å². The first-order valence-electron chi connectivity index (χ1n) is 7.93. The highest BCUT2D eigenvalue weighted by atomic mass is 16.5. The van der Waals surface area contributed by atoms with Crippen molar-refractivity contribution in [3.8, 4) is 11.8 Å². The van der Waals surface area contributed by atoms with E-state index in [1.807, 2.05) is 19.1 Å². The molecule has 4 unspecified atom stereocenters. The summed E-state index contributed by atoms with van der Waals surface area (Å²) in [6.45, 7) is 3.51. The van der Waals surface area contributed by atoms with E-state index in [2.05, 4.69) is 0 Å². The average molecular weight is 315 g/mol. The number of para-hydroxylation sites is 1. The Bertz CT molecular complexity index is 593. The first-order chi connectivity index (χ1) is 11.1. The summed E-state index contributed by atoms with van der Waals surface area (Å²) in [6.07, 6.45) is 1.36. The summed E-state index contributed by atoms with van der Waals surface area (Å²) in [4.78, 5) is 24.8. The summed E-state index contributed by atoms with van der Waals surface area (Å²) in [5.74, 6) is -1.36. The Morgan fingerprint density at radius 3 is 2.57 bits per heavy atom. The van der Waals surface area contributed by atoms with Gasteiger partial charge in [0.1, 0.15) is 11.8 Å². The van der Waals surface area contributed by atoms with Gasteiger partial charge >= 0.3 is 11.9 Å². The van der Waals surface area contributed by atoms with Gasteiger partial charge in [0.2, 0.25) is 0 Å². The van der Waals surface area contributed by atoms with Crippen LogP contribution in [0.25, 0.3) is 0 Å². The van der Waals surface area contributed by atoms with E-state index < -0.39 is 29.9 Å². The van der Waals surface area contributed by atoms with Gasteiger partial charge in [-0.2, -0.15) is 5.26 Å². The number of carbonyl (C=O) groups is 2. The summed E-state index contributed by atoms with van der Waals surface area (Å²) < 4.78 is 10.5. The molecular weight excluding hydrogens is 294 g/mol. The number of hydrogen-bond donors (Lipinski definition) is 0. The summed E-state index contributed by atoms with van der Waals surface area (Å²) in [7, 11) is 0. The van der Waals surface area contributed by atoms with Crippen molar-refractivity contribution >= 4 is 11.9 Å². The maximum absolute atomic E-state index is 12.6. The fraction of sp³-hybridized carbons (Fsp3) is 0.500. The Morgan fingerprint density at radius 1 is 1.26 bits per heavy atom. The Hall–Kier alpha value is -2.35. The molecule has 122 valence electrons. The van der Waals surface area contributed by atoms with Crippen molar-refractivity contribution in [1.82, 2.24) is 0 Å². The van der Waals surface area contributed by atoms with Crippen LogP contribution in [-0.4, -0.2) is 18.0 Å². The van der Waals surface area contributed by atoms with Crippen molar-refractivity contribution in [3.63, 3.8) is 0 Å². The van der Waals surface area contributed by atoms with Crippen LogP contribution in [0.5, 0.6) is 5.75 Å². The number of esters is 2. The highest BCUT2D eigenvalue weighted by Crippen LogP contribution is 2.40. The lowest BCUT2D eigenvalue weighted by atomic mass is 9.88. The van der Waals surface area contributed by atoms with Crippen LogP contribution in [0, 0.1) is 29.1 Å². The number of hydrogen-bond acceptors (Lipinski definition) is 5. The fourth-order valence-corrected chi connectivity index (χ4v) is 3.12. The standard InChI is InChI=1S/C18H21NO4/c1-3-13-9-10-15(17(20)22-12(2)11-19)16(13)18(21)23-14-7-5-4-6-8-14/h4-8,12-13,15-16H,3,9-10H2,1-2H3. The molecule has 5 heteroatoms. The molecule has 4 atom stereocenters. The number of carbonyl (C=O) groups excluding carboxylic acids is 2. The van der Waals surface area contributed by atoms with Crippen LogP contribution in [0.3, 0.4) is 0 Å². The van der Waals surface area contributed by atoms with Gasteiger partial charge < -0.3 is 9.47 Å². The Labute approximate surface area is 136 Å². The number of ether oxygens (including phenoxy) is 2. The number of nitrogens with zero attached hydrogens (tertiary/aromatic N) is 1. The molecule has 0 N–H and O–H groups in total. The molecule has 0 amide bonds. The molecule has 1 fully saturated rings. The second-order valence-electron chi connectivity index (χ2n) is 5.82. The van der Waals surface area contributed by atoms with Crippen LogP contribution >= 0.6 is 0 Å². The molecule has 1 aromatic rings. The third kappa shape index (κ3) is 4.10. The molecule has 5 nitrogen and oxygen atoms in total. The van der Waals surface area contributed by atoms with Crippen LogP contribution in [0.2, 0.25) is 0 Å². The van der Waals surface area contributed by atoms with Crippen LogP contribution in [0.15, 0.2) is 30.3 Å². The smallest absolute Gasteiger partial charge is 0.315 e. The van der Waals surface area contributed by atoms with Gasteiger partial charge in [-0.05, 0) is 37.8 Å². The van der Waals surface area contributed by atoms with Gasteiger partial charge in [-0.3, -0.25) is 9.59 Å². The van der Waals surface area contributed by atoms with Crippen LogP contribution in [-0.2, 0) is 14.3 Å². The van der Waals surface area contributed by atoms with Gasteiger partial charge in [-0.1, -0.05) is 31.5 Å². The second kappa shape index (κ2) is 7.77. The first-order valence-corrected chi connectivity index (χ1v) is 7.93. The normalized spacial score (nSPS) is 24.5. The highest BCUT2D eigenvalue weighted by molar-refractivity contribution is 5.84. The fourth-order valence-electron chi connectivity index (χ4n) is 3.12. The molecule has 1 aliphatic rings. The zero-order valence-corrected chi connectivity index (χ0v) is 13.4. The van der Waals surface area contributed by atoms with Crippen LogP contribution in [0.1, 0.15) is 33.1 Å². The van der Waals surface area contributed by atoms with Crippen molar-refractivity contribution < 1.29 is 19.1 Å². The molecule has 0 bridgehead atoms. The van der Waals surface area contributed by atoms with Gasteiger partial charge in [0.15, 0.2) is 6.10 Å². The van der Waals surface area contributed by atoms with Gasteiger partial charge in [0, 0.05) is 0 Å². The summed E-state index contributed by atoms with van der Waals surface area (Å²) in [5.41, 5.74) is 0. The van der Waals surface area contributed by atoms with Crippen LogP contribution in [0.4, 0.5) is 0 Å². The summed E-state index contributed by atoms with van der Waals surface area (Å²) in [6, 6.07) is 10.7. The largest absolute Gasteiger partial charge is 0.447 e. The predicted octanol–water partition coefficient (Wildman–Crippen LogP) is 3.10. The molecule has 2 rings (SSSR count). The van der Waals surface area contributed by atoms with E-state index in [9.17, 15) is 9.59 Å². The molecular formula is C18H21NO4. The lowest BCUT2D eigenvalue weighted by molar-refractivity contribution is -0.158. The third-order valence-electron chi connectivity index (χ3n) is 4.33. The van der Waals surface area contributed by atoms with Crippen molar-refractivity contribution in [2.45, 2.75) is 39.2 Å². The Balaban J connectivity index is 2.12. The molecule has 0 saturated heterocycles. The molecule has 0 aliphatic heterocycles. The van der Waals surface area contributed by atoms with Crippen molar-refractivity contribution in [3.05, 3.63) is 30.3 Å². The van der Waals surface area contributed by atoms with Crippen molar-refractivity contribution in [2.75, 3.05) is 0 Å². The number of nitriles is 1. The first kappa shape index (κ1) is 17.0. The minimum atomic E-state index is -0.811. The highest BCUT2D eigenvalue weighted by Gasteiger charge is 2.46. The summed E-state index contributed by atoms with van der Waals surface area (Å²) in [5, 5.41) is 8.78. The predicted molar refractivity (Wildman–Crippen MR) is 83.2 cm³/mol. The quantitative estimate of drug-likeness (QED) is 0.616.